The van der Waals surface area contributed by atoms with Crippen LogP contribution in [0.2, 0.25) is 0 Å². The van der Waals surface area contributed by atoms with Gasteiger partial charge in [0.15, 0.2) is 5.78 Å². The minimum Gasteiger partial charge on any atom is -0.423 e. The number of carbonyl (C=O) groups is 2. The lowest BCUT2D eigenvalue weighted by Crippen LogP contribution is -2.36. The van der Waals surface area contributed by atoms with Gasteiger partial charge in [-0.05, 0) is 51.1 Å². The zero-order valence-electron chi connectivity index (χ0n) is 16.7. The van der Waals surface area contributed by atoms with Crippen molar-refractivity contribution in [1.82, 2.24) is 5.32 Å². The van der Waals surface area contributed by atoms with E-state index in [2.05, 4.69) is 10.6 Å². The predicted octanol–water partition coefficient (Wildman–Crippen LogP) is 2.35. The van der Waals surface area contributed by atoms with Crippen molar-refractivity contribution in [3.8, 4) is 0 Å². The van der Waals surface area contributed by atoms with Crippen LogP contribution in [0.3, 0.4) is 0 Å². The van der Waals surface area contributed by atoms with Gasteiger partial charge in [-0.1, -0.05) is 13.3 Å². The molecule has 0 saturated heterocycles. The van der Waals surface area contributed by atoms with E-state index in [-0.39, 0.29) is 24.2 Å². The highest BCUT2D eigenvalue weighted by Gasteiger charge is 2.22. The molecule has 1 aromatic heterocycles. The zero-order valence-corrected chi connectivity index (χ0v) is 16.7. The van der Waals surface area contributed by atoms with Gasteiger partial charge in [-0.15, -0.1) is 0 Å². The number of aryl methyl sites for hydroxylation is 1. The fraction of sp³-hybridized carbons (Fsp3) is 0.476. The molecule has 0 aliphatic rings. The smallest absolute Gasteiger partial charge is 0.336 e. The first-order valence-corrected chi connectivity index (χ1v) is 9.61. The Bertz CT molecular complexity index is 891. The number of hydrogen-bond donors (Lipinski definition) is 3. The van der Waals surface area contributed by atoms with Gasteiger partial charge in [0.25, 0.3) is 0 Å². The van der Waals surface area contributed by atoms with Crippen molar-refractivity contribution in [2.45, 2.75) is 45.6 Å². The number of benzene rings is 1. The Hall–Kier alpha value is -2.51. The van der Waals surface area contributed by atoms with Gasteiger partial charge in [0, 0.05) is 35.5 Å². The Labute approximate surface area is 164 Å². The molecule has 4 N–H and O–H groups in total. The summed E-state index contributed by atoms with van der Waals surface area (Å²) in [4.78, 5) is 36.5. The highest BCUT2D eigenvalue weighted by atomic mass is 16.4. The first-order valence-electron chi connectivity index (χ1n) is 9.61. The lowest BCUT2D eigenvalue weighted by atomic mass is 9.96. The molecule has 2 atom stereocenters. The number of hydrogen-bond acceptors (Lipinski definition) is 6. The number of nitrogens with one attached hydrogen (secondary N) is 2. The maximum Gasteiger partial charge on any atom is 0.336 e. The van der Waals surface area contributed by atoms with Crippen LogP contribution in [0.4, 0.5) is 5.69 Å². The fourth-order valence-corrected chi connectivity index (χ4v) is 3.16. The lowest BCUT2D eigenvalue weighted by molar-refractivity contribution is -0.127. The number of amides is 1. The third kappa shape index (κ3) is 5.74. The molecule has 2 rings (SSSR count). The molecule has 0 saturated carbocycles. The Kier molecular flexibility index (Phi) is 7.90. The summed E-state index contributed by atoms with van der Waals surface area (Å²) in [6.07, 6.45) is 2.61. The summed E-state index contributed by atoms with van der Waals surface area (Å²) in [7, 11) is 1.75. The van der Waals surface area contributed by atoms with Gasteiger partial charge in [0.2, 0.25) is 5.91 Å². The Morgan fingerprint density at radius 1 is 1.21 bits per heavy atom. The van der Waals surface area contributed by atoms with E-state index in [1.54, 1.807) is 32.2 Å². The average molecular weight is 387 g/mol. The van der Waals surface area contributed by atoms with E-state index in [1.807, 2.05) is 6.92 Å². The van der Waals surface area contributed by atoms with Crippen molar-refractivity contribution < 1.29 is 14.0 Å². The van der Waals surface area contributed by atoms with E-state index in [1.165, 1.54) is 6.07 Å². The van der Waals surface area contributed by atoms with Crippen LogP contribution in [0.25, 0.3) is 11.0 Å². The number of likely N-dealkylation sites (N-methyl/N-ethyl adjacent to an activating group) is 1. The number of unbranched alkanes of at least 4 members (excludes halogenated alkanes) is 1. The molecular weight excluding hydrogens is 358 g/mol. The summed E-state index contributed by atoms with van der Waals surface area (Å²) in [5.74, 6) is -0.708. The molecule has 0 aliphatic carbocycles. The summed E-state index contributed by atoms with van der Waals surface area (Å²) in [6.45, 7) is 4.16. The van der Waals surface area contributed by atoms with Crippen LogP contribution in [0.1, 0.15) is 38.2 Å². The van der Waals surface area contributed by atoms with Crippen LogP contribution >= 0.6 is 0 Å². The maximum atomic E-state index is 12.5. The predicted molar refractivity (Wildman–Crippen MR) is 110 cm³/mol. The van der Waals surface area contributed by atoms with Gasteiger partial charge in [0.05, 0.1) is 6.04 Å². The van der Waals surface area contributed by atoms with Crippen molar-refractivity contribution >= 4 is 28.3 Å². The summed E-state index contributed by atoms with van der Waals surface area (Å²) >= 11 is 0. The number of nitrogens with two attached hydrogens (primary N) is 1. The molecule has 1 heterocycles. The van der Waals surface area contributed by atoms with E-state index >= 15 is 0 Å². The van der Waals surface area contributed by atoms with E-state index in [0.29, 0.717) is 24.2 Å². The fourth-order valence-electron chi connectivity index (χ4n) is 3.16. The molecule has 0 spiro atoms. The van der Waals surface area contributed by atoms with Crippen molar-refractivity contribution in [3.05, 3.63) is 40.2 Å². The minimum atomic E-state index is -0.474. The Balaban J connectivity index is 2.00. The number of Topliss-reactive ketones (excluding diaryl/α,β-unsaturated/α-hetero) is 1. The van der Waals surface area contributed by atoms with Gasteiger partial charge in [-0.2, -0.15) is 0 Å². The standard InChI is InChI=1S/C21H29N3O4/c1-13-11-20(26)28-19-12-15(7-8-16(13)19)24-21(27)14(2)10-18(25)17(23-3)6-4-5-9-22/h7-8,11-12,14,17,23H,4-6,9-10,22H2,1-3H3,(H,24,27)/t14?,17-/m0/s1. The monoisotopic (exact) mass is 387 g/mol. The van der Waals surface area contributed by atoms with E-state index in [0.717, 1.165) is 23.8 Å². The third-order valence-corrected chi connectivity index (χ3v) is 4.86. The molecule has 0 bridgehead atoms. The summed E-state index contributed by atoms with van der Waals surface area (Å²) in [5, 5.41) is 6.63. The van der Waals surface area contributed by atoms with Gasteiger partial charge in [-0.25, -0.2) is 4.79 Å². The van der Waals surface area contributed by atoms with Gasteiger partial charge in [0.1, 0.15) is 5.58 Å². The van der Waals surface area contributed by atoms with E-state index in [4.69, 9.17) is 10.2 Å². The molecule has 1 aromatic carbocycles. The molecule has 2 aromatic rings. The third-order valence-electron chi connectivity index (χ3n) is 4.86. The van der Waals surface area contributed by atoms with Crippen LogP contribution in [0.15, 0.2) is 33.5 Å². The molecule has 1 amide bonds. The number of anilines is 1. The highest BCUT2D eigenvalue weighted by molar-refractivity contribution is 5.97. The largest absolute Gasteiger partial charge is 0.423 e. The molecule has 0 radical (unpaired) electrons. The second kappa shape index (κ2) is 10.1. The van der Waals surface area contributed by atoms with Gasteiger partial charge in [-0.3, -0.25) is 9.59 Å². The van der Waals surface area contributed by atoms with Crippen LogP contribution in [-0.4, -0.2) is 31.3 Å². The zero-order chi connectivity index (χ0) is 20.7. The van der Waals surface area contributed by atoms with Gasteiger partial charge >= 0.3 is 5.63 Å². The first-order chi connectivity index (χ1) is 13.3. The normalized spacial score (nSPS) is 13.3. The molecule has 1 unspecified atom stereocenters. The second-order valence-electron chi connectivity index (χ2n) is 7.15. The maximum absolute atomic E-state index is 12.5. The summed E-state index contributed by atoms with van der Waals surface area (Å²) in [6, 6.07) is 6.34. The van der Waals surface area contributed by atoms with E-state index < -0.39 is 11.5 Å². The second-order valence-corrected chi connectivity index (χ2v) is 7.15. The highest BCUT2D eigenvalue weighted by Crippen LogP contribution is 2.21. The number of fused-ring (bicyclic) bond motifs is 1. The van der Waals surface area contributed by atoms with E-state index in [9.17, 15) is 14.4 Å². The van der Waals surface area contributed by atoms with Crippen LogP contribution in [0.5, 0.6) is 0 Å². The molecule has 7 heteroatoms. The number of ketones is 1. The first kappa shape index (κ1) is 21.8. The molecule has 0 fully saturated rings. The van der Waals surface area contributed by atoms with Crippen molar-refractivity contribution in [1.29, 1.82) is 0 Å². The van der Waals surface area contributed by atoms with Crippen LogP contribution in [0, 0.1) is 12.8 Å². The quantitative estimate of drug-likeness (QED) is 0.426. The molecule has 0 aliphatic heterocycles. The average Bonchev–Trinajstić information content (AvgIpc) is 2.64. The van der Waals surface area contributed by atoms with Crippen molar-refractivity contribution in [2.75, 3.05) is 18.9 Å². The van der Waals surface area contributed by atoms with Crippen molar-refractivity contribution in [3.63, 3.8) is 0 Å². The van der Waals surface area contributed by atoms with Crippen LogP contribution in [-0.2, 0) is 9.59 Å². The van der Waals surface area contributed by atoms with Gasteiger partial charge < -0.3 is 20.8 Å². The molecular formula is C21H29N3O4. The minimum absolute atomic E-state index is 0.0160. The topological polar surface area (TPSA) is 114 Å². The molecule has 7 nitrogen and oxygen atoms in total. The summed E-state index contributed by atoms with van der Waals surface area (Å²) in [5.41, 5.74) is 6.82. The van der Waals surface area contributed by atoms with Crippen molar-refractivity contribution in [2.24, 2.45) is 11.7 Å². The summed E-state index contributed by atoms with van der Waals surface area (Å²) < 4.78 is 5.20. The van der Waals surface area contributed by atoms with Crippen LogP contribution < -0.4 is 22.0 Å². The number of rotatable bonds is 10. The lowest BCUT2D eigenvalue weighted by Gasteiger charge is -2.17. The Morgan fingerprint density at radius 3 is 2.64 bits per heavy atom. The molecule has 152 valence electrons. The SMILES string of the molecule is CN[C@@H](CCCCN)C(=O)CC(C)C(=O)Nc1ccc2c(C)cc(=O)oc2c1. The number of carbonyl (C=O) groups excluding carboxylic acids is 2. The molecule has 28 heavy (non-hydrogen) atoms. The Morgan fingerprint density at radius 2 is 1.96 bits per heavy atom.